The number of nitrogens with zero attached hydrogens (tertiary/aromatic N) is 1. The Morgan fingerprint density at radius 1 is 0.897 bits per heavy atom. The van der Waals surface area contributed by atoms with E-state index in [4.69, 9.17) is 11.6 Å². The lowest BCUT2D eigenvalue weighted by atomic mass is 10.1. The predicted molar refractivity (Wildman–Crippen MR) is 95.7 cm³/mol. The molecule has 2 aromatic carbocycles. The molecule has 29 heavy (non-hydrogen) atoms. The van der Waals surface area contributed by atoms with Crippen molar-refractivity contribution in [2.45, 2.75) is 12.4 Å². The van der Waals surface area contributed by atoms with E-state index >= 15 is 0 Å². The maximum absolute atomic E-state index is 13.0. The highest BCUT2D eigenvalue weighted by atomic mass is 79.9. The van der Waals surface area contributed by atoms with Crippen LogP contribution in [0.5, 0.6) is 0 Å². The van der Waals surface area contributed by atoms with Gasteiger partial charge in [-0.05, 0) is 42.5 Å². The summed E-state index contributed by atoms with van der Waals surface area (Å²) in [6.45, 7) is 0. The van der Waals surface area contributed by atoms with Crippen molar-refractivity contribution in [2.75, 3.05) is 5.32 Å². The maximum atomic E-state index is 13.0. The van der Waals surface area contributed by atoms with Crippen LogP contribution in [0.3, 0.4) is 0 Å². The van der Waals surface area contributed by atoms with Gasteiger partial charge in [-0.1, -0.05) is 22.9 Å². The largest absolute Gasteiger partial charge is 1.00 e. The second-order valence-corrected chi connectivity index (χ2v) is 7.21. The Morgan fingerprint density at radius 3 is 1.90 bits per heavy atom. The molecule has 0 saturated heterocycles. The molecule has 3 rings (SSSR count). The topological polar surface area (TPSA) is 15.9 Å². The first-order chi connectivity index (χ1) is 12.9. The summed E-state index contributed by atoms with van der Waals surface area (Å²) in [7, 11) is 1.65. The van der Waals surface area contributed by atoms with Gasteiger partial charge < -0.3 is 17.0 Å². The Kier molecular flexibility index (Phi) is 6.91. The molecule has 0 aliphatic heterocycles. The molecule has 0 bridgehead atoms. The Hall–Kier alpha value is -1.78. The average molecular weight is 518 g/mol. The van der Waals surface area contributed by atoms with E-state index in [9.17, 15) is 26.3 Å². The smallest absolute Gasteiger partial charge is 0.416 e. The Labute approximate surface area is 181 Å². The van der Waals surface area contributed by atoms with Gasteiger partial charge in [0.1, 0.15) is 11.4 Å². The quantitative estimate of drug-likeness (QED) is 0.414. The van der Waals surface area contributed by atoms with Crippen LogP contribution in [0.4, 0.5) is 37.2 Å². The Bertz CT molecular complexity index is 967. The third kappa shape index (κ3) is 5.43. The summed E-state index contributed by atoms with van der Waals surface area (Å²) in [4.78, 5) is 0. The summed E-state index contributed by atoms with van der Waals surface area (Å²) in [5.74, 6) is 0. The van der Waals surface area contributed by atoms with E-state index in [1.54, 1.807) is 41.3 Å². The van der Waals surface area contributed by atoms with Crippen LogP contribution in [0.1, 0.15) is 11.1 Å². The number of alkyl halides is 6. The fraction of sp³-hybridized carbons (Fsp3) is 0.167. The highest BCUT2D eigenvalue weighted by Crippen LogP contribution is 2.38. The van der Waals surface area contributed by atoms with E-state index in [2.05, 4.69) is 5.32 Å². The second-order valence-electron chi connectivity index (χ2n) is 5.91. The molecular formula is C18H12BrClF6N2S. The molecule has 1 aromatic heterocycles. The van der Waals surface area contributed by atoms with Crippen LogP contribution >= 0.6 is 22.9 Å². The molecule has 0 radical (unpaired) electrons. The number of thiazole rings is 1. The predicted octanol–water partition coefficient (Wildman–Crippen LogP) is 3.68. The molecule has 1 heterocycles. The van der Waals surface area contributed by atoms with Crippen LogP contribution in [-0.4, -0.2) is 0 Å². The van der Waals surface area contributed by atoms with Gasteiger partial charge in [0.2, 0.25) is 0 Å². The first-order valence-electron chi connectivity index (χ1n) is 7.75. The molecule has 0 aliphatic carbocycles. The maximum Gasteiger partial charge on any atom is 0.416 e. The van der Waals surface area contributed by atoms with Crippen LogP contribution in [-0.2, 0) is 19.4 Å². The normalized spacial score (nSPS) is 11.9. The molecule has 0 amide bonds. The van der Waals surface area contributed by atoms with E-state index < -0.39 is 23.5 Å². The minimum atomic E-state index is -4.90. The summed E-state index contributed by atoms with van der Waals surface area (Å²) in [5, 5.41) is 5.31. The number of anilines is 2. The van der Waals surface area contributed by atoms with Crippen LogP contribution in [0.25, 0.3) is 11.3 Å². The van der Waals surface area contributed by atoms with Gasteiger partial charge in [0.15, 0.2) is 0 Å². The standard InChI is InChI=1S/C18H11ClF6N2S.BrH/c1-27-15(10-2-4-13(19)5-3-10)9-28-16(27)26-14-7-11(17(20,21)22)6-12(8-14)18(23,24)25;/h2-9H,1H3;1H. The molecule has 0 aliphatic rings. The Balaban J connectivity index is 0.00000300. The van der Waals surface area contributed by atoms with Crippen LogP contribution < -0.4 is 26.9 Å². The third-order valence-corrected chi connectivity index (χ3v) is 5.12. The van der Waals surface area contributed by atoms with Gasteiger partial charge in [0.25, 0.3) is 0 Å². The molecule has 0 fully saturated rings. The van der Waals surface area contributed by atoms with Crippen molar-refractivity contribution in [2.24, 2.45) is 7.05 Å². The summed E-state index contributed by atoms with van der Waals surface area (Å²) < 4.78 is 79.7. The average Bonchev–Trinajstić information content (AvgIpc) is 2.94. The summed E-state index contributed by atoms with van der Waals surface area (Å²) in [6.07, 6.45) is -9.80. The minimum absolute atomic E-state index is 0. The highest BCUT2D eigenvalue weighted by Gasteiger charge is 2.37. The molecule has 3 aromatic rings. The van der Waals surface area contributed by atoms with Gasteiger partial charge in [0, 0.05) is 16.0 Å². The molecule has 0 atom stereocenters. The molecule has 0 spiro atoms. The summed E-state index contributed by atoms with van der Waals surface area (Å²) in [6, 6.07) is 8.29. The fourth-order valence-electron chi connectivity index (χ4n) is 2.53. The van der Waals surface area contributed by atoms with E-state index in [1.165, 1.54) is 0 Å². The second kappa shape index (κ2) is 8.53. The lowest BCUT2D eigenvalue weighted by molar-refractivity contribution is -0.641. The lowest BCUT2D eigenvalue weighted by Gasteiger charge is -2.12. The molecule has 0 unspecified atom stereocenters. The van der Waals surface area contributed by atoms with Crippen molar-refractivity contribution in [1.82, 2.24) is 0 Å². The fourth-order valence-corrected chi connectivity index (χ4v) is 3.60. The van der Waals surface area contributed by atoms with E-state index in [0.29, 0.717) is 22.3 Å². The molecular weight excluding hydrogens is 506 g/mol. The molecule has 11 heteroatoms. The lowest BCUT2D eigenvalue weighted by Crippen LogP contribution is -3.00. The zero-order valence-corrected chi connectivity index (χ0v) is 17.7. The molecule has 1 N–H and O–H groups in total. The number of aromatic nitrogens is 1. The van der Waals surface area contributed by atoms with Gasteiger partial charge in [-0.15, -0.1) is 0 Å². The SMILES string of the molecule is C[n+]1c(-c2ccc(Cl)cc2)csc1Nc1cc(C(F)(F)F)cc(C(F)(F)F)c1.[Br-]. The summed E-state index contributed by atoms with van der Waals surface area (Å²) in [5.41, 5.74) is -1.52. The monoisotopic (exact) mass is 516 g/mol. The molecule has 2 nitrogen and oxygen atoms in total. The van der Waals surface area contributed by atoms with Crippen molar-refractivity contribution >= 4 is 33.8 Å². The van der Waals surface area contributed by atoms with E-state index in [0.717, 1.165) is 22.6 Å². The highest BCUT2D eigenvalue weighted by molar-refractivity contribution is 7.13. The molecule has 156 valence electrons. The van der Waals surface area contributed by atoms with Gasteiger partial charge in [-0.25, -0.2) is 9.88 Å². The van der Waals surface area contributed by atoms with Crippen molar-refractivity contribution in [3.63, 3.8) is 0 Å². The van der Waals surface area contributed by atoms with Gasteiger partial charge in [-0.2, -0.15) is 26.3 Å². The number of halogens is 8. The third-order valence-electron chi connectivity index (χ3n) is 3.93. The number of hydrogen-bond donors (Lipinski definition) is 1. The Morgan fingerprint density at radius 2 is 1.41 bits per heavy atom. The van der Waals surface area contributed by atoms with Crippen LogP contribution in [0.2, 0.25) is 5.02 Å². The number of hydrogen-bond acceptors (Lipinski definition) is 2. The van der Waals surface area contributed by atoms with Crippen molar-refractivity contribution in [3.05, 3.63) is 64.0 Å². The van der Waals surface area contributed by atoms with Crippen molar-refractivity contribution < 1.29 is 47.9 Å². The van der Waals surface area contributed by atoms with Crippen molar-refractivity contribution in [1.29, 1.82) is 0 Å². The first-order valence-corrected chi connectivity index (χ1v) is 9.01. The molecule has 0 saturated carbocycles. The first kappa shape index (κ1) is 23.5. The van der Waals surface area contributed by atoms with Gasteiger partial charge in [-0.3, -0.25) is 0 Å². The zero-order chi connectivity index (χ0) is 20.7. The number of nitrogens with one attached hydrogen (secondary N) is 1. The minimum Gasteiger partial charge on any atom is -1.00 e. The van der Waals surface area contributed by atoms with E-state index in [-0.39, 0.29) is 28.7 Å². The van der Waals surface area contributed by atoms with Crippen LogP contribution in [0.15, 0.2) is 47.8 Å². The van der Waals surface area contributed by atoms with Gasteiger partial charge in [0.05, 0.1) is 18.2 Å². The van der Waals surface area contributed by atoms with E-state index in [1.807, 2.05) is 0 Å². The summed E-state index contributed by atoms with van der Waals surface area (Å²) >= 11 is 7.01. The number of benzene rings is 2. The van der Waals surface area contributed by atoms with Crippen molar-refractivity contribution in [3.8, 4) is 11.3 Å². The number of rotatable bonds is 3. The van der Waals surface area contributed by atoms with Crippen LogP contribution in [0, 0.1) is 0 Å². The van der Waals surface area contributed by atoms with Gasteiger partial charge >= 0.3 is 17.5 Å². The zero-order valence-electron chi connectivity index (χ0n) is 14.5.